The number of nitrogens with zero attached hydrogens (tertiary/aromatic N) is 1. The van der Waals surface area contributed by atoms with Gasteiger partial charge in [-0.2, -0.15) is 0 Å². The summed E-state index contributed by atoms with van der Waals surface area (Å²) in [7, 11) is 0. The summed E-state index contributed by atoms with van der Waals surface area (Å²) in [5, 5.41) is 2.93. The van der Waals surface area contributed by atoms with E-state index in [4.69, 9.17) is 10.5 Å². The maximum Gasteiger partial charge on any atom is 0.253 e. The van der Waals surface area contributed by atoms with Gasteiger partial charge in [-0.15, -0.1) is 12.4 Å². The van der Waals surface area contributed by atoms with Crippen LogP contribution < -0.4 is 11.1 Å². The number of halogens is 1. The third-order valence-electron chi connectivity index (χ3n) is 4.77. The van der Waals surface area contributed by atoms with Crippen LogP contribution >= 0.6 is 12.4 Å². The monoisotopic (exact) mass is 411 g/mol. The van der Waals surface area contributed by atoms with Crippen molar-refractivity contribution in [3.8, 4) is 0 Å². The Bertz CT molecular complexity index is 644. The van der Waals surface area contributed by atoms with E-state index in [2.05, 4.69) is 5.32 Å². The molecule has 0 aromatic heterocycles. The van der Waals surface area contributed by atoms with Crippen molar-refractivity contribution in [2.45, 2.75) is 52.6 Å². The second kappa shape index (κ2) is 12.0. The van der Waals surface area contributed by atoms with Crippen molar-refractivity contribution in [2.24, 2.45) is 11.7 Å². The predicted molar refractivity (Wildman–Crippen MR) is 115 cm³/mol. The first kappa shape index (κ1) is 24.4. The van der Waals surface area contributed by atoms with E-state index in [-0.39, 0.29) is 30.3 Å². The lowest BCUT2D eigenvalue weighted by Gasteiger charge is -2.32. The summed E-state index contributed by atoms with van der Waals surface area (Å²) in [4.78, 5) is 26.6. The summed E-state index contributed by atoms with van der Waals surface area (Å²) in [6.45, 7) is 8.69. The maximum atomic E-state index is 12.8. The average molecular weight is 412 g/mol. The number of ether oxygens (including phenoxy) is 1. The molecule has 0 atom stereocenters. The van der Waals surface area contributed by atoms with Gasteiger partial charge in [0.05, 0.1) is 6.10 Å². The summed E-state index contributed by atoms with van der Waals surface area (Å²) < 4.78 is 5.80. The Morgan fingerprint density at radius 2 is 1.96 bits per heavy atom. The topological polar surface area (TPSA) is 84.7 Å². The minimum absolute atomic E-state index is 0. The van der Waals surface area contributed by atoms with Crippen LogP contribution in [0.3, 0.4) is 0 Å². The number of carbonyl (C=O) groups is 2. The van der Waals surface area contributed by atoms with Gasteiger partial charge in [0.25, 0.3) is 5.91 Å². The zero-order chi connectivity index (χ0) is 19.8. The first-order valence-electron chi connectivity index (χ1n) is 9.92. The van der Waals surface area contributed by atoms with Crippen LogP contribution in [0.25, 0.3) is 0 Å². The largest absolute Gasteiger partial charge is 0.378 e. The number of nitrogens with one attached hydrogen (secondary N) is 1. The molecule has 0 bridgehead atoms. The van der Waals surface area contributed by atoms with E-state index in [0.717, 1.165) is 30.5 Å². The van der Waals surface area contributed by atoms with Crippen molar-refractivity contribution in [3.63, 3.8) is 0 Å². The Labute approximate surface area is 174 Å². The second-order valence-electron chi connectivity index (χ2n) is 7.68. The smallest absolute Gasteiger partial charge is 0.253 e. The summed E-state index contributed by atoms with van der Waals surface area (Å²) in [6.07, 6.45) is 3.30. The number of amides is 2. The maximum absolute atomic E-state index is 12.8. The second-order valence-corrected chi connectivity index (χ2v) is 7.68. The molecule has 28 heavy (non-hydrogen) atoms. The Kier molecular flexibility index (Phi) is 10.5. The molecular formula is C21H34ClN3O3. The van der Waals surface area contributed by atoms with Gasteiger partial charge in [-0.05, 0) is 62.4 Å². The summed E-state index contributed by atoms with van der Waals surface area (Å²) in [5.74, 6) is 0.357. The number of aryl methyl sites for hydroxylation is 1. The number of anilines is 1. The van der Waals surface area contributed by atoms with Gasteiger partial charge in [-0.25, -0.2) is 0 Å². The molecule has 0 unspecified atom stereocenters. The molecular weight excluding hydrogens is 378 g/mol. The first-order valence-corrected chi connectivity index (χ1v) is 9.92. The fourth-order valence-electron chi connectivity index (χ4n) is 3.25. The van der Waals surface area contributed by atoms with E-state index in [9.17, 15) is 9.59 Å². The molecule has 0 spiro atoms. The number of hydrogen-bond donors (Lipinski definition) is 2. The van der Waals surface area contributed by atoms with Crippen molar-refractivity contribution < 1.29 is 14.3 Å². The van der Waals surface area contributed by atoms with Crippen molar-refractivity contribution in [1.29, 1.82) is 0 Å². The zero-order valence-electron chi connectivity index (χ0n) is 17.2. The number of rotatable bonds is 8. The highest BCUT2D eigenvalue weighted by molar-refractivity contribution is 5.96. The van der Waals surface area contributed by atoms with Gasteiger partial charge >= 0.3 is 0 Å². The molecule has 158 valence electrons. The summed E-state index contributed by atoms with van der Waals surface area (Å²) in [6, 6.07) is 5.48. The van der Waals surface area contributed by atoms with Crippen molar-refractivity contribution in [2.75, 3.05) is 31.6 Å². The van der Waals surface area contributed by atoms with Crippen molar-refractivity contribution >= 4 is 29.9 Å². The number of likely N-dealkylation sites (tertiary alicyclic amines) is 1. The van der Waals surface area contributed by atoms with Crippen LogP contribution in [0.5, 0.6) is 0 Å². The van der Waals surface area contributed by atoms with Crippen molar-refractivity contribution in [1.82, 2.24) is 4.90 Å². The number of nitrogens with two attached hydrogens (primary N) is 1. The molecule has 2 amide bonds. The summed E-state index contributed by atoms with van der Waals surface area (Å²) >= 11 is 0. The van der Waals surface area contributed by atoms with Gasteiger partial charge in [-0.3, -0.25) is 9.59 Å². The van der Waals surface area contributed by atoms with Gasteiger partial charge in [0.2, 0.25) is 5.91 Å². The molecule has 1 aromatic rings. The fraction of sp³-hybridized carbons (Fsp3) is 0.619. The highest BCUT2D eigenvalue weighted by Gasteiger charge is 2.24. The molecule has 0 saturated carbocycles. The van der Waals surface area contributed by atoms with Crippen LogP contribution in [0.2, 0.25) is 0 Å². The van der Waals surface area contributed by atoms with Crippen LogP contribution in [0, 0.1) is 12.8 Å². The van der Waals surface area contributed by atoms with Crippen molar-refractivity contribution in [3.05, 3.63) is 29.3 Å². The van der Waals surface area contributed by atoms with E-state index in [1.165, 1.54) is 0 Å². The lowest BCUT2D eigenvalue weighted by atomic mass is 10.0. The number of piperidine rings is 1. The number of benzene rings is 1. The van der Waals surface area contributed by atoms with Crippen LogP contribution in [0.4, 0.5) is 5.69 Å². The van der Waals surface area contributed by atoms with Crippen LogP contribution in [-0.2, 0) is 9.53 Å². The van der Waals surface area contributed by atoms with E-state index >= 15 is 0 Å². The van der Waals surface area contributed by atoms with Gasteiger partial charge < -0.3 is 20.7 Å². The molecule has 7 heteroatoms. The molecule has 1 saturated heterocycles. The Hall–Kier alpha value is -1.63. The molecule has 2 rings (SSSR count). The quantitative estimate of drug-likeness (QED) is 0.642. The third-order valence-corrected chi connectivity index (χ3v) is 4.77. The van der Waals surface area contributed by atoms with Crippen LogP contribution in [0.15, 0.2) is 18.2 Å². The SMILES string of the molecule is Cc1cc(C(=O)N2CCC(OCCCN)CC2)ccc1NC(=O)CC(C)C.Cl. The number of hydrogen-bond acceptors (Lipinski definition) is 4. The molecule has 1 aliphatic heterocycles. The molecule has 3 N–H and O–H groups in total. The van der Waals surface area contributed by atoms with Crippen LogP contribution in [0.1, 0.15) is 55.5 Å². The van der Waals surface area contributed by atoms with E-state index < -0.39 is 0 Å². The Morgan fingerprint density at radius 1 is 1.29 bits per heavy atom. The standard InChI is InChI=1S/C21H33N3O3.ClH/c1-15(2)13-20(25)23-19-6-5-17(14-16(19)3)21(26)24-10-7-18(8-11-24)27-12-4-9-22;/h5-6,14-15,18H,4,7-13,22H2,1-3H3,(H,23,25);1H. The molecule has 1 aliphatic rings. The Balaban J connectivity index is 0.00000392. The van der Waals surface area contributed by atoms with E-state index in [1.54, 1.807) is 6.07 Å². The molecule has 1 aromatic carbocycles. The minimum Gasteiger partial charge on any atom is -0.378 e. The fourth-order valence-corrected chi connectivity index (χ4v) is 3.25. The minimum atomic E-state index is 0. The molecule has 1 fully saturated rings. The van der Waals surface area contributed by atoms with Gasteiger partial charge in [0, 0.05) is 37.4 Å². The summed E-state index contributed by atoms with van der Waals surface area (Å²) in [5.41, 5.74) is 7.82. The molecule has 6 nitrogen and oxygen atoms in total. The first-order chi connectivity index (χ1) is 12.9. The molecule has 0 aliphatic carbocycles. The van der Waals surface area contributed by atoms with Crippen LogP contribution in [-0.4, -0.2) is 49.1 Å². The van der Waals surface area contributed by atoms with Gasteiger partial charge in [0.15, 0.2) is 0 Å². The normalized spacial score (nSPS) is 14.7. The predicted octanol–water partition coefficient (Wildman–Crippen LogP) is 3.37. The van der Waals surface area contributed by atoms with E-state index in [0.29, 0.717) is 44.1 Å². The highest BCUT2D eigenvalue weighted by atomic mass is 35.5. The molecule has 1 heterocycles. The molecule has 0 radical (unpaired) electrons. The van der Waals surface area contributed by atoms with Gasteiger partial charge in [0.1, 0.15) is 0 Å². The van der Waals surface area contributed by atoms with Gasteiger partial charge in [-0.1, -0.05) is 13.8 Å². The van der Waals surface area contributed by atoms with E-state index in [1.807, 2.05) is 37.8 Å². The zero-order valence-corrected chi connectivity index (χ0v) is 18.0. The average Bonchev–Trinajstić information content (AvgIpc) is 2.63. The Morgan fingerprint density at radius 3 is 2.54 bits per heavy atom. The third kappa shape index (κ3) is 7.41. The number of carbonyl (C=O) groups excluding carboxylic acids is 2. The lowest BCUT2D eigenvalue weighted by Crippen LogP contribution is -2.41. The lowest BCUT2D eigenvalue weighted by molar-refractivity contribution is -0.116. The highest BCUT2D eigenvalue weighted by Crippen LogP contribution is 2.21.